The van der Waals surface area contributed by atoms with Crippen molar-refractivity contribution in [3.8, 4) is 0 Å². The molecule has 96 valence electrons. The van der Waals surface area contributed by atoms with Crippen molar-refractivity contribution in [1.29, 1.82) is 0 Å². The van der Waals surface area contributed by atoms with Gasteiger partial charge in [0, 0.05) is 0 Å². The van der Waals surface area contributed by atoms with E-state index in [-0.39, 0.29) is 5.28 Å². The fourth-order valence-electron chi connectivity index (χ4n) is 1.70. The van der Waals surface area contributed by atoms with Gasteiger partial charge in [-0.25, -0.2) is 14.3 Å². The number of halogens is 1. The summed E-state index contributed by atoms with van der Waals surface area (Å²) in [5.41, 5.74) is 2.45. The van der Waals surface area contributed by atoms with Crippen LogP contribution in [0.4, 0.5) is 4.79 Å². The number of nitrogens with zero attached hydrogens (tertiary/aromatic N) is 2. The maximum absolute atomic E-state index is 11.9. The third kappa shape index (κ3) is 2.48. The van der Waals surface area contributed by atoms with Crippen LogP contribution in [-0.4, -0.2) is 22.3 Å². The summed E-state index contributed by atoms with van der Waals surface area (Å²) in [5, 5.41) is 0.136. The quantitative estimate of drug-likeness (QED) is 0.794. The zero-order chi connectivity index (χ0) is 13.1. The number of hydrogen-bond donors (Lipinski definition) is 0. The molecule has 0 bridgehead atoms. The maximum Gasteiger partial charge on any atom is 0.420 e. The van der Waals surface area contributed by atoms with Gasteiger partial charge in [0.15, 0.2) is 0 Å². The Morgan fingerprint density at radius 2 is 2.28 bits per heavy atom. The second-order valence-electron chi connectivity index (χ2n) is 4.18. The van der Waals surface area contributed by atoms with Crippen molar-refractivity contribution in [2.45, 2.75) is 26.7 Å². The summed E-state index contributed by atoms with van der Waals surface area (Å²) >= 11 is 5.98. The summed E-state index contributed by atoms with van der Waals surface area (Å²) in [6.07, 6.45) is 1.35. The lowest BCUT2D eigenvalue weighted by Gasteiger charge is -2.05. The number of imidazole rings is 1. The Bertz CT molecular complexity index is 578. The van der Waals surface area contributed by atoms with E-state index in [1.165, 1.54) is 4.57 Å². The second-order valence-corrected chi connectivity index (χ2v) is 4.51. The number of unbranched alkanes of at least 4 members (excludes halogenated alkanes) is 1. The average molecular weight is 267 g/mol. The predicted octanol–water partition coefficient (Wildman–Crippen LogP) is 3.78. The van der Waals surface area contributed by atoms with E-state index >= 15 is 0 Å². The van der Waals surface area contributed by atoms with E-state index in [1.54, 1.807) is 0 Å². The van der Waals surface area contributed by atoms with Gasteiger partial charge in [0.1, 0.15) is 0 Å². The summed E-state index contributed by atoms with van der Waals surface area (Å²) < 4.78 is 6.44. The number of rotatable bonds is 3. The first-order valence-electron chi connectivity index (χ1n) is 5.95. The number of ether oxygens (including phenoxy) is 1. The van der Waals surface area contributed by atoms with Crippen LogP contribution in [0.2, 0.25) is 5.28 Å². The van der Waals surface area contributed by atoms with E-state index in [1.807, 2.05) is 32.0 Å². The minimum Gasteiger partial charge on any atom is -0.449 e. The first-order valence-corrected chi connectivity index (χ1v) is 6.33. The van der Waals surface area contributed by atoms with E-state index in [0.717, 1.165) is 18.4 Å². The van der Waals surface area contributed by atoms with Gasteiger partial charge >= 0.3 is 6.09 Å². The molecule has 1 aromatic carbocycles. The van der Waals surface area contributed by atoms with Gasteiger partial charge in [0.2, 0.25) is 5.28 Å². The molecule has 0 spiro atoms. The molecule has 0 amide bonds. The smallest absolute Gasteiger partial charge is 0.420 e. The molecule has 18 heavy (non-hydrogen) atoms. The van der Waals surface area contributed by atoms with Gasteiger partial charge in [0.25, 0.3) is 0 Å². The molecule has 0 saturated heterocycles. The van der Waals surface area contributed by atoms with Gasteiger partial charge < -0.3 is 4.74 Å². The summed E-state index contributed by atoms with van der Waals surface area (Å²) in [4.78, 5) is 16.1. The van der Waals surface area contributed by atoms with Crippen LogP contribution in [0.5, 0.6) is 0 Å². The van der Waals surface area contributed by atoms with Crippen molar-refractivity contribution >= 4 is 28.7 Å². The third-order valence-corrected chi connectivity index (χ3v) is 2.93. The van der Waals surface area contributed by atoms with E-state index < -0.39 is 6.09 Å². The molecule has 5 heteroatoms. The van der Waals surface area contributed by atoms with Crippen molar-refractivity contribution < 1.29 is 9.53 Å². The van der Waals surface area contributed by atoms with E-state index in [2.05, 4.69) is 4.98 Å². The molecule has 2 aromatic rings. The zero-order valence-corrected chi connectivity index (χ0v) is 11.2. The van der Waals surface area contributed by atoms with E-state index in [0.29, 0.717) is 17.6 Å². The number of carbonyl (C=O) groups is 1. The molecule has 0 N–H and O–H groups in total. The molecule has 0 fully saturated rings. The van der Waals surface area contributed by atoms with Crippen molar-refractivity contribution in [3.63, 3.8) is 0 Å². The number of fused-ring (bicyclic) bond motifs is 1. The summed E-state index contributed by atoms with van der Waals surface area (Å²) in [5.74, 6) is 0. The summed E-state index contributed by atoms with van der Waals surface area (Å²) in [6.45, 7) is 4.40. The fraction of sp³-hybridized carbons (Fsp3) is 0.385. The Labute approximate surface area is 111 Å². The maximum atomic E-state index is 11.9. The van der Waals surface area contributed by atoms with Gasteiger partial charge in [-0.3, -0.25) is 0 Å². The SMILES string of the molecule is CCCCOC(=O)n1c(Cl)nc2cc(C)ccc21. The largest absolute Gasteiger partial charge is 0.449 e. The first kappa shape index (κ1) is 12.9. The second kappa shape index (κ2) is 5.40. The highest BCUT2D eigenvalue weighted by molar-refractivity contribution is 6.30. The van der Waals surface area contributed by atoms with Crippen molar-refractivity contribution in [2.24, 2.45) is 0 Å². The summed E-state index contributed by atoms with van der Waals surface area (Å²) in [7, 11) is 0. The summed E-state index contributed by atoms with van der Waals surface area (Å²) in [6, 6.07) is 5.62. The van der Waals surface area contributed by atoms with Crippen LogP contribution in [0.25, 0.3) is 11.0 Å². The van der Waals surface area contributed by atoms with Gasteiger partial charge in [-0.05, 0) is 42.6 Å². The number of carbonyl (C=O) groups excluding carboxylic acids is 1. The molecular weight excluding hydrogens is 252 g/mol. The predicted molar refractivity (Wildman–Crippen MR) is 71.1 cm³/mol. The van der Waals surface area contributed by atoms with Crippen LogP contribution in [0, 0.1) is 6.92 Å². The molecule has 0 unspecified atom stereocenters. The highest BCUT2D eigenvalue weighted by Gasteiger charge is 2.16. The van der Waals surface area contributed by atoms with Crippen LogP contribution in [-0.2, 0) is 4.74 Å². The highest BCUT2D eigenvalue weighted by atomic mass is 35.5. The molecule has 1 aromatic heterocycles. The van der Waals surface area contributed by atoms with Gasteiger partial charge in [-0.2, -0.15) is 0 Å². The van der Waals surface area contributed by atoms with Crippen LogP contribution in [0.15, 0.2) is 18.2 Å². The standard InChI is InChI=1S/C13H15ClN2O2/c1-3-4-7-18-13(17)16-11-6-5-9(2)8-10(11)15-12(16)14/h5-6,8H,3-4,7H2,1-2H3. The Morgan fingerprint density at radius 3 is 3.00 bits per heavy atom. The number of hydrogen-bond acceptors (Lipinski definition) is 3. The van der Waals surface area contributed by atoms with Gasteiger partial charge in [-0.1, -0.05) is 19.4 Å². The van der Waals surface area contributed by atoms with E-state index in [4.69, 9.17) is 16.3 Å². The van der Waals surface area contributed by atoms with Crippen molar-refractivity contribution in [2.75, 3.05) is 6.61 Å². The Balaban J connectivity index is 2.32. The molecule has 0 aliphatic rings. The van der Waals surface area contributed by atoms with Crippen molar-refractivity contribution in [1.82, 2.24) is 9.55 Å². The van der Waals surface area contributed by atoms with Gasteiger partial charge in [-0.15, -0.1) is 0 Å². The number of aromatic nitrogens is 2. The lowest BCUT2D eigenvalue weighted by atomic mass is 10.2. The minimum atomic E-state index is -0.472. The lowest BCUT2D eigenvalue weighted by molar-refractivity contribution is 0.147. The highest BCUT2D eigenvalue weighted by Crippen LogP contribution is 2.21. The molecule has 0 saturated carbocycles. The van der Waals surface area contributed by atoms with Crippen LogP contribution < -0.4 is 0 Å². The van der Waals surface area contributed by atoms with E-state index in [9.17, 15) is 4.79 Å². The normalized spacial score (nSPS) is 10.8. The minimum absolute atomic E-state index is 0.136. The monoisotopic (exact) mass is 266 g/mol. The molecule has 2 rings (SSSR count). The van der Waals surface area contributed by atoms with Crippen LogP contribution in [0.3, 0.4) is 0 Å². The molecule has 0 atom stereocenters. The Kier molecular flexibility index (Phi) is 3.87. The van der Waals surface area contributed by atoms with Crippen LogP contribution >= 0.6 is 11.6 Å². The number of aryl methyl sites for hydroxylation is 1. The number of benzene rings is 1. The average Bonchev–Trinajstić information content (AvgIpc) is 2.64. The Hall–Kier alpha value is -1.55. The third-order valence-electron chi connectivity index (χ3n) is 2.68. The van der Waals surface area contributed by atoms with Crippen molar-refractivity contribution in [3.05, 3.63) is 29.0 Å². The first-order chi connectivity index (χ1) is 8.63. The fourth-order valence-corrected chi connectivity index (χ4v) is 1.95. The molecule has 0 radical (unpaired) electrons. The molecule has 1 heterocycles. The zero-order valence-electron chi connectivity index (χ0n) is 10.4. The molecule has 4 nitrogen and oxygen atoms in total. The molecule has 0 aliphatic carbocycles. The molecule has 0 aliphatic heterocycles. The lowest BCUT2D eigenvalue weighted by Crippen LogP contribution is -2.14. The van der Waals surface area contributed by atoms with Crippen LogP contribution in [0.1, 0.15) is 25.3 Å². The Morgan fingerprint density at radius 1 is 1.50 bits per heavy atom. The topological polar surface area (TPSA) is 44.1 Å². The van der Waals surface area contributed by atoms with Gasteiger partial charge in [0.05, 0.1) is 17.6 Å². The molecular formula is C13H15ClN2O2.